The van der Waals surface area contributed by atoms with E-state index in [1.54, 1.807) is 0 Å². The maximum absolute atomic E-state index is 12.6. The minimum atomic E-state index is 0.123. The highest BCUT2D eigenvalue weighted by Gasteiger charge is 2.24. The van der Waals surface area contributed by atoms with Crippen molar-refractivity contribution in [2.45, 2.75) is 65.2 Å². The third kappa shape index (κ3) is 3.94. The summed E-state index contributed by atoms with van der Waals surface area (Å²) in [4.78, 5) is 12.6. The first-order valence-electron chi connectivity index (χ1n) is 9.33. The van der Waals surface area contributed by atoms with E-state index < -0.39 is 0 Å². The average Bonchev–Trinajstić information content (AvgIpc) is 2.96. The van der Waals surface area contributed by atoms with Crippen LogP contribution in [0.2, 0.25) is 0 Å². The molecule has 25 heavy (non-hydrogen) atoms. The Morgan fingerprint density at radius 3 is 2.36 bits per heavy atom. The van der Waals surface area contributed by atoms with Gasteiger partial charge in [-0.05, 0) is 30.7 Å². The molecule has 1 aliphatic rings. The first kappa shape index (κ1) is 17.7. The second-order valence-electron chi connectivity index (χ2n) is 8.22. The summed E-state index contributed by atoms with van der Waals surface area (Å²) in [6.45, 7) is 8.57. The lowest BCUT2D eigenvalue weighted by Gasteiger charge is -2.21. The molecule has 1 amide bonds. The van der Waals surface area contributed by atoms with Crippen LogP contribution in [0.4, 0.5) is 5.69 Å². The Morgan fingerprint density at radius 1 is 1.12 bits per heavy atom. The molecular formula is C21H29N3O. The van der Waals surface area contributed by atoms with Crippen molar-refractivity contribution >= 4 is 11.6 Å². The van der Waals surface area contributed by atoms with Crippen molar-refractivity contribution in [3.8, 4) is 11.3 Å². The Morgan fingerprint density at radius 2 is 1.76 bits per heavy atom. The number of hydrogen-bond acceptors (Lipinski definition) is 2. The summed E-state index contributed by atoms with van der Waals surface area (Å²) in [5, 5.41) is 10.6. The fourth-order valence-electron chi connectivity index (χ4n) is 3.51. The first-order chi connectivity index (χ1) is 11.9. The predicted molar refractivity (Wildman–Crippen MR) is 103 cm³/mol. The number of aromatic nitrogens is 2. The zero-order valence-corrected chi connectivity index (χ0v) is 15.8. The first-order valence-corrected chi connectivity index (χ1v) is 9.33. The van der Waals surface area contributed by atoms with Gasteiger partial charge in [-0.15, -0.1) is 0 Å². The molecule has 2 aromatic rings. The van der Waals surface area contributed by atoms with E-state index in [1.165, 1.54) is 12.0 Å². The van der Waals surface area contributed by atoms with E-state index >= 15 is 0 Å². The molecule has 2 N–H and O–H groups in total. The lowest BCUT2D eigenvalue weighted by molar-refractivity contribution is -0.120. The third-order valence-corrected chi connectivity index (χ3v) is 5.20. The number of benzene rings is 1. The number of amides is 1. The van der Waals surface area contributed by atoms with Crippen LogP contribution in [-0.2, 0) is 10.2 Å². The smallest absolute Gasteiger partial charge is 0.227 e. The number of hydrogen-bond donors (Lipinski definition) is 2. The van der Waals surface area contributed by atoms with Crippen LogP contribution < -0.4 is 5.32 Å². The van der Waals surface area contributed by atoms with Gasteiger partial charge in [0.05, 0.1) is 11.4 Å². The van der Waals surface area contributed by atoms with Gasteiger partial charge in [0.1, 0.15) is 5.69 Å². The number of nitrogens with one attached hydrogen (secondary N) is 2. The summed E-state index contributed by atoms with van der Waals surface area (Å²) < 4.78 is 0. The number of carbonyl (C=O) groups excluding carboxylic acids is 1. The number of anilines is 1. The van der Waals surface area contributed by atoms with E-state index in [4.69, 9.17) is 0 Å². The summed E-state index contributed by atoms with van der Waals surface area (Å²) >= 11 is 0. The highest BCUT2D eigenvalue weighted by atomic mass is 16.1. The van der Waals surface area contributed by atoms with Crippen molar-refractivity contribution < 1.29 is 4.79 Å². The van der Waals surface area contributed by atoms with Gasteiger partial charge in [-0.25, -0.2) is 0 Å². The summed E-state index contributed by atoms with van der Waals surface area (Å²) in [5.41, 5.74) is 4.98. The van der Waals surface area contributed by atoms with Gasteiger partial charge < -0.3 is 5.32 Å². The number of H-pyrrole nitrogens is 1. The average molecular weight is 339 g/mol. The van der Waals surface area contributed by atoms with Crippen LogP contribution in [0.5, 0.6) is 0 Å². The van der Waals surface area contributed by atoms with E-state index in [0.29, 0.717) is 0 Å². The standard InChI is InChI=1S/C21H29N3O/c1-14-18(22-20(25)16-8-6-5-7-9-16)19(24-23-14)15-10-12-17(13-11-15)21(2,3)4/h10-13,16H,5-9H2,1-4H3,(H,22,25)(H,23,24). The molecule has 0 atom stereocenters. The van der Waals surface area contributed by atoms with Crippen LogP contribution in [0.15, 0.2) is 24.3 Å². The zero-order valence-electron chi connectivity index (χ0n) is 15.8. The monoisotopic (exact) mass is 339 g/mol. The van der Waals surface area contributed by atoms with Crippen molar-refractivity contribution in [3.63, 3.8) is 0 Å². The normalized spacial score (nSPS) is 16.0. The van der Waals surface area contributed by atoms with E-state index in [1.807, 2.05) is 6.92 Å². The molecule has 0 aliphatic heterocycles. The van der Waals surface area contributed by atoms with Crippen molar-refractivity contribution in [3.05, 3.63) is 35.5 Å². The maximum Gasteiger partial charge on any atom is 0.227 e. The minimum absolute atomic E-state index is 0.123. The molecule has 0 saturated heterocycles. The van der Waals surface area contributed by atoms with E-state index in [2.05, 4.69) is 60.6 Å². The molecule has 4 nitrogen and oxygen atoms in total. The number of aromatic amines is 1. The summed E-state index contributed by atoms with van der Waals surface area (Å²) in [7, 11) is 0. The second kappa shape index (κ2) is 7.03. The topological polar surface area (TPSA) is 57.8 Å². The molecule has 3 rings (SSSR count). The maximum atomic E-state index is 12.6. The van der Waals surface area contributed by atoms with Crippen molar-refractivity contribution in [2.75, 3.05) is 5.32 Å². The van der Waals surface area contributed by atoms with E-state index in [-0.39, 0.29) is 17.2 Å². The lowest BCUT2D eigenvalue weighted by Crippen LogP contribution is -2.25. The Labute approximate surface area is 150 Å². The van der Waals surface area contributed by atoms with Gasteiger partial charge in [0.25, 0.3) is 0 Å². The molecule has 0 radical (unpaired) electrons. The summed E-state index contributed by atoms with van der Waals surface area (Å²) in [6.07, 6.45) is 5.56. The minimum Gasteiger partial charge on any atom is -0.322 e. The number of nitrogens with zero attached hydrogens (tertiary/aromatic N) is 1. The molecule has 1 aliphatic carbocycles. The number of carbonyl (C=O) groups is 1. The summed E-state index contributed by atoms with van der Waals surface area (Å²) in [6, 6.07) is 8.47. The summed E-state index contributed by atoms with van der Waals surface area (Å²) in [5.74, 6) is 0.274. The van der Waals surface area contributed by atoms with E-state index in [0.717, 1.165) is 48.3 Å². The van der Waals surface area contributed by atoms with Crippen LogP contribution in [0, 0.1) is 12.8 Å². The molecule has 1 fully saturated rings. The molecule has 0 unspecified atom stereocenters. The highest BCUT2D eigenvalue weighted by molar-refractivity contribution is 5.96. The molecule has 1 heterocycles. The highest BCUT2D eigenvalue weighted by Crippen LogP contribution is 2.32. The van der Waals surface area contributed by atoms with Gasteiger partial charge in [-0.2, -0.15) is 5.10 Å². The molecule has 4 heteroatoms. The molecular weight excluding hydrogens is 310 g/mol. The quantitative estimate of drug-likeness (QED) is 0.807. The molecule has 134 valence electrons. The lowest BCUT2D eigenvalue weighted by atomic mass is 9.86. The Bertz CT molecular complexity index is 731. The zero-order chi connectivity index (χ0) is 18.0. The van der Waals surface area contributed by atoms with Gasteiger partial charge in [0.15, 0.2) is 0 Å². The molecule has 1 aromatic carbocycles. The van der Waals surface area contributed by atoms with Crippen LogP contribution in [0.3, 0.4) is 0 Å². The third-order valence-electron chi connectivity index (χ3n) is 5.20. The van der Waals surface area contributed by atoms with Crippen LogP contribution in [-0.4, -0.2) is 16.1 Å². The van der Waals surface area contributed by atoms with Gasteiger partial charge in [0, 0.05) is 11.5 Å². The van der Waals surface area contributed by atoms with Crippen LogP contribution in [0.25, 0.3) is 11.3 Å². The number of aryl methyl sites for hydroxylation is 1. The fraction of sp³-hybridized carbons (Fsp3) is 0.524. The fourth-order valence-corrected chi connectivity index (χ4v) is 3.51. The molecule has 0 bridgehead atoms. The Balaban J connectivity index is 1.82. The number of rotatable bonds is 3. The van der Waals surface area contributed by atoms with Gasteiger partial charge in [-0.3, -0.25) is 9.89 Å². The van der Waals surface area contributed by atoms with Crippen molar-refractivity contribution in [1.29, 1.82) is 0 Å². The largest absolute Gasteiger partial charge is 0.322 e. The second-order valence-corrected chi connectivity index (χ2v) is 8.22. The molecule has 0 spiro atoms. The van der Waals surface area contributed by atoms with Crippen molar-refractivity contribution in [2.24, 2.45) is 5.92 Å². The Kier molecular flexibility index (Phi) is 4.98. The van der Waals surface area contributed by atoms with Gasteiger partial charge in [0.2, 0.25) is 5.91 Å². The predicted octanol–water partition coefficient (Wildman–Crippen LogP) is 5.20. The van der Waals surface area contributed by atoms with Crippen molar-refractivity contribution in [1.82, 2.24) is 10.2 Å². The van der Waals surface area contributed by atoms with E-state index in [9.17, 15) is 4.79 Å². The van der Waals surface area contributed by atoms with Gasteiger partial charge >= 0.3 is 0 Å². The van der Waals surface area contributed by atoms with Gasteiger partial charge in [-0.1, -0.05) is 64.3 Å². The van der Waals surface area contributed by atoms with Crippen LogP contribution >= 0.6 is 0 Å². The molecule has 1 saturated carbocycles. The molecule has 1 aromatic heterocycles. The SMILES string of the molecule is Cc1[nH]nc(-c2ccc(C(C)(C)C)cc2)c1NC(=O)C1CCCCC1. The van der Waals surface area contributed by atoms with Crippen LogP contribution in [0.1, 0.15) is 64.1 Å². The Hall–Kier alpha value is -2.10.